The summed E-state index contributed by atoms with van der Waals surface area (Å²) in [4.78, 5) is 24.3. The van der Waals surface area contributed by atoms with Gasteiger partial charge in [-0.15, -0.1) is 0 Å². The van der Waals surface area contributed by atoms with Gasteiger partial charge in [0.1, 0.15) is 0 Å². The summed E-state index contributed by atoms with van der Waals surface area (Å²) in [5.41, 5.74) is 0. The van der Waals surface area contributed by atoms with Crippen LogP contribution >= 0.6 is 0 Å². The third-order valence-electron chi connectivity index (χ3n) is 2.28. The Morgan fingerprint density at radius 1 is 1.60 bits per heavy atom. The summed E-state index contributed by atoms with van der Waals surface area (Å²) >= 11 is 0. The molecule has 5 heteroatoms. The van der Waals surface area contributed by atoms with Gasteiger partial charge in [-0.1, -0.05) is 13.8 Å². The van der Waals surface area contributed by atoms with E-state index in [1.54, 1.807) is 4.90 Å². The Morgan fingerprint density at radius 3 is 2.93 bits per heavy atom. The molecule has 0 bridgehead atoms. The molecule has 1 rings (SSSR count). The van der Waals surface area contributed by atoms with Crippen LogP contribution in [0.5, 0.6) is 0 Å². The maximum absolute atomic E-state index is 11.6. The van der Waals surface area contributed by atoms with Gasteiger partial charge in [0.2, 0.25) is 11.8 Å². The third kappa shape index (κ3) is 4.29. The number of amides is 2. The van der Waals surface area contributed by atoms with E-state index in [0.29, 0.717) is 32.1 Å². The molecule has 0 unspecified atom stereocenters. The smallest absolute Gasteiger partial charge is 0.239 e. The molecule has 5 nitrogen and oxygen atoms in total. The first-order valence-corrected chi connectivity index (χ1v) is 5.37. The second kappa shape index (κ2) is 5.70. The van der Waals surface area contributed by atoms with E-state index in [1.807, 2.05) is 13.8 Å². The van der Waals surface area contributed by atoms with Gasteiger partial charge in [0.05, 0.1) is 6.54 Å². The molecule has 15 heavy (non-hydrogen) atoms. The van der Waals surface area contributed by atoms with Crippen LogP contribution < -0.4 is 10.6 Å². The molecular formula is C10H19N3O2. The summed E-state index contributed by atoms with van der Waals surface area (Å²) in [5, 5.41) is 5.87. The average molecular weight is 213 g/mol. The van der Waals surface area contributed by atoms with E-state index in [4.69, 9.17) is 0 Å². The SMILES string of the molecule is CC(C)NCCC(=O)N1CCNC(=O)C1. The van der Waals surface area contributed by atoms with E-state index in [9.17, 15) is 9.59 Å². The molecule has 86 valence electrons. The highest BCUT2D eigenvalue weighted by molar-refractivity contribution is 5.85. The summed E-state index contributed by atoms with van der Waals surface area (Å²) in [7, 11) is 0. The molecule has 1 fully saturated rings. The normalized spacial score (nSPS) is 16.7. The number of hydrogen-bond acceptors (Lipinski definition) is 3. The predicted molar refractivity (Wildman–Crippen MR) is 57.3 cm³/mol. The molecule has 0 aromatic heterocycles. The van der Waals surface area contributed by atoms with Crippen molar-refractivity contribution in [1.82, 2.24) is 15.5 Å². The lowest BCUT2D eigenvalue weighted by Gasteiger charge is -2.26. The van der Waals surface area contributed by atoms with E-state index >= 15 is 0 Å². The molecule has 2 N–H and O–H groups in total. The molecule has 1 aliphatic heterocycles. The maximum Gasteiger partial charge on any atom is 0.239 e. The number of piperazine rings is 1. The summed E-state index contributed by atoms with van der Waals surface area (Å²) in [6, 6.07) is 0.391. The van der Waals surface area contributed by atoms with Crippen molar-refractivity contribution in [1.29, 1.82) is 0 Å². The first-order chi connectivity index (χ1) is 7.09. The Hall–Kier alpha value is -1.10. The summed E-state index contributed by atoms with van der Waals surface area (Å²) in [6.07, 6.45) is 0.464. The minimum Gasteiger partial charge on any atom is -0.353 e. The van der Waals surface area contributed by atoms with Gasteiger partial charge in [0.15, 0.2) is 0 Å². The molecule has 2 amide bonds. The van der Waals surface area contributed by atoms with Crippen molar-refractivity contribution in [3.8, 4) is 0 Å². The van der Waals surface area contributed by atoms with Gasteiger partial charge >= 0.3 is 0 Å². The molecule has 1 heterocycles. The van der Waals surface area contributed by atoms with Crippen molar-refractivity contribution < 1.29 is 9.59 Å². The lowest BCUT2D eigenvalue weighted by Crippen LogP contribution is -2.50. The Morgan fingerprint density at radius 2 is 2.33 bits per heavy atom. The van der Waals surface area contributed by atoms with Crippen molar-refractivity contribution in [2.24, 2.45) is 0 Å². The van der Waals surface area contributed by atoms with Crippen LogP contribution in [0.4, 0.5) is 0 Å². The van der Waals surface area contributed by atoms with Gasteiger partial charge in [-0.05, 0) is 0 Å². The zero-order chi connectivity index (χ0) is 11.3. The van der Waals surface area contributed by atoms with Crippen LogP contribution in [0.15, 0.2) is 0 Å². The largest absolute Gasteiger partial charge is 0.353 e. The molecule has 0 atom stereocenters. The summed E-state index contributed by atoms with van der Waals surface area (Å²) in [5.74, 6) is -0.00980. The van der Waals surface area contributed by atoms with E-state index in [2.05, 4.69) is 10.6 Å². The quantitative estimate of drug-likeness (QED) is 0.651. The number of hydrogen-bond donors (Lipinski definition) is 2. The predicted octanol–water partition coefficient (Wildman–Crippen LogP) is -0.667. The second-order valence-corrected chi connectivity index (χ2v) is 4.02. The van der Waals surface area contributed by atoms with Gasteiger partial charge in [-0.2, -0.15) is 0 Å². The van der Waals surface area contributed by atoms with Crippen LogP contribution in [0, 0.1) is 0 Å². The fourth-order valence-corrected chi connectivity index (χ4v) is 1.48. The zero-order valence-electron chi connectivity index (χ0n) is 9.38. The molecule has 0 aliphatic carbocycles. The first kappa shape index (κ1) is 12.0. The highest BCUT2D eigenvalue weighted by atomic mass is 16.2. The summed E-state index contributed by atoms with van der Waals surface area (Å²) < 4.78 is 0. The van der Waals surface area contributed by atoms with Crippen LogP contribution in [-0.4, -0.2) is 48.9 Å². The highest BCUT2D eigenvalue weighted by Gasteiger charge is 2.20. The molecule has 1 saturated heterocycles. The number of nitrogens with one attached hydrogen (secondary N) is 2. The maximum atomic E-state index is 11.6. The fraction of sp³-hybridized carbons (Fsp3) is 0.800. The number of rotatable bonds is 4. The van der Waals surface area contributed by atoms with E-state index in [1.165, 1.54) is 0 Å². The van der Waals surface area contributed by atoms with Crippen molar-refractivity contribution in [2.45, 2.75) is 26.3 Å². The van der Waals surface area contributed by atoms with Crippen molar-refractivity contribution in [3.05, 3.63) is 0 Å². The molecular weight excluding hydrogens is 194 g/mol. The van der Waals surface area contributed by atoms with Crippen LogP contribution in [0.3, 0.4) is 0 Å². The van der Waals surface area contributed by atoms with Crippen molar-refractivity contribution in [3.63, 3.8) is 0 Å². The number of carbonyl (C=O) groups excluding carboxylic acids is 2. The van der Waals surface area contributed by atoms with Gasteiger partial charge in [0, 0.05) is 32.1 Å². The molecule has 0 aromatic rings. The molecule has 0 saturated carbocycles. The Kier molecular flexibility index (Phi) is 4.55. The highest BCUT2D eigenvalue weighted by Crippen LogP contribution is 1.97. The van der Waals surface area contributed by atoms with Crippen LogP contribution in [0.25, 0.3) is 0 Å². The lowest BCUT2D eigenvalue weighted by atomic mass is 10.3. The van der Waals surface area contributed by atoms with Crippen LogP contribution in [0.2, 0.25) is 0 Å². The van der Waals surface area contributed by atoms with Crippen LogP contribution in [-0.2, 0) is 9.59 Å². The monoisotopic (exact) mass is 213 g/mol. The van der Waals surface area contributed by atoms with Crippen LogP contribution in [0.1, 0.15) is 20.3 Å². The van der Waals surface area contributed by atoms with E-state index < -0.39 is 0 Å². The third-order valence-corrected chi connectivity index (χ3v) is 2.28. The van der Waals surface area contributed by atoms with Gasteiger partial charge < -0.3 is 15.5 Å². The van der Waals surface area contributed by atoms with Gasteiger partial charge in [-0.3, -0.25) is 9.59 Å². The minimum atomic E-state index is -0.0635. The van der Waals surface area contributed by atoms with Gasteiger partial charge in [0.25, 0.3) is 0 Å². The van der Waals surface area contributed by atoms with Crippen molar-refractivity contribution >= 4 is 11.8 Å². The van der Waals surface area contributed by atoms with E-state index in [-0.39, 0.29) is 18.4 Å². The minimum absolute atomic E-state index is 0.0537. The Bertz CT molecular complexity index is 241. The standard InChI is InChI=1S/C10H19N3O2/c1-8(2)11-4-3-10(15)13-6-5-12-9(14)7-13/h8,11H,3-7H2,1-2H3,(H,12,14). The number of nitrogens with zero attached hydrogens (tertiary/aromatic N) is 1. The average Bonchev–Trinajstić information content (AvgIpc) is 2.17. The molecule has 0 radical (unpaired) electrons. The molecule has 0 spiro atoms. The second-order valence-electron chi connectivity index (χ2n) is 4.02. The van der Waals surface area contributed by atoms with Gasteiger partial charge in [-0.25, -0.2) is 0 Å². The lowest BCUT2D eigenvalue weighted by molar-refractivity contribution is -0.138. The topological polar surface area (TPSA) is 61.4 Å². The molecule has 0 aromatic carbocycles. The summed E-state index contributed by atoms with van der Waals surface area (Å²) in [6.45, 7) is 6.17. The van der Waals surface area contributed by atoms with E-state index in [0.717, 1.165) is 0 Å². The molecule has 1 aliphatic rings. The number of carbonyl (C=O) groups is 2. The Balaban J connectivity index is 2.24. The fourth-order valence-electron chi connectivity index (χ4n) is 1.48. The zero-order valence-corrected chi connectivity index (χ0v) is 9.38. The Labute approximate surface area is 90.2 Å². The van der Waals surface area contributed by atoms with Crippen molar-refractivity contribution in [2.75, 3.05) is 26.2 Å². The first-order valence-electron chi connectivity index (χ1n) is 5.37.